The van der Waals surface area contributed by atoms with E-state index in [-0.39, 0.29) is 24.4 Å². The third-order valence-corrected chi connectivity index (χ3v) is 5.95. The van der Waals surface area contributed by atoms with Crippen molar-refractivity contribution in [1.82, 2.24) is 14.9 Å². The standard InChI is InChI=1S/C25H27N3O5/c1-6-28(24(29)9-16-13-33-20-8-15(3)14(2)7-17(16)20)12-23-26-19-11-22(32-5)21(31-4)10-18(19)25(30)27-23/h7-8,10-11,13H,6,9,12H2,1-5H3,(H,26,27,30). The number of aromatic amines is 1. The summed E-state index contributed by atoms with van der Waals surface area (Å²) in [5.74, 6) is 1.26. The molecule has 0 bridgehead atoms. The quantitative estimate of drug-likeness (QED) is 0.460. The van der Waals surface area contributed by atoms with E-state index in [0.717, 1.165) is 27.7 Å². The molecule has 8 nitrogen and oxygen atoms in total. The first kappa shape index (κ1) is 22.4. The third kappa shape index (κ3) is 4.28. The molecule has 0 saturated carbocycles. The summed E-state index contributed by atoms with van der Waals surface area (Å²) in [6, 6.07) is 7.30. The minimum atomic E-state index is -0.300. The predicted octanol–water partition coefficient (Wildman–Crippen LogP) is 3.89. The molecule has 1 N–H and O–H groups in total. The molecule has 33 heavy (non-hydrogen) atoms. The smallest absolute Gasteiger partial charge is 0.258 e. The number of fused-ring (bicyclic) bond motifs is 2. The zero-order chi connectivity index (χ0) is 23.7. The molecule has 2 aromatic heterocycles. The maximum absolute atomic E-state index is 13.1. The second-order valence-electron chi connectivity index (χ2n) is 8.02. The van der Waals surface area contributed by atoms with Crippen molar-refractivity contribution in [2.45, 2.75) is 33.7 Å². The fraction of sp³-hybridized carbons (Fsp3) is 0.320. The van der Waals surface area contributed by atoms with Gasteiger partial charge in [0.1, 0.15) is 11.4 Å². The minimum absolute atomic E-state index is 0.0755. The predicted molar refractivity (Wildman–Crippen MR) is 126 cm³/mol. The Hall–Kier alpha value is -3.81. The maximum atomic E-state index is 13.1. The first-order chi connectivity index (χ1) is 15.8. The van der Waals surface area contributed by atoms with Crippen LogP contribution in [0.1, 0.15) is 29.4 Å². The summed E-state index contributed by atoms with van der Waals surface area (Å²) in [4.78, 5) is 34.8. The number of furan rings is 1. The summed E-state index contributed by atoms with van der Waals surface area (Å²) < 4.78 is 16.3. The van der Waals surface area contributed by atoms with E-state index in [2.05, 4.69) is 16.0 Å². The Kier molecular flexibility index (Phi) is 6.09. The van der Waals surface area contributed by atoms with Gasteiger partial charge >= 0.3 is 0 Å². The number of nitrogens with zero attached hydrogens (tertiary/aromatic N) is 2. The largest absolute Gasteiger partial charge is 0.493 e. The van der Waals surface area contributed by atoms with Gasteiger partial charge in [0.15, 0.2) is 11.5 Å². The SMILES string of the molecule is CCN(Cc1nc2cc(OC)c(OC)cc2c(=O)[nH]1)C(=O)Cc1coc2cc(C)c(C)cc12. The Morgan fingerprint density at radius 1 is 1.06 bits per heavy atom. The molecular weight excluding hydrogens is 422 g/mol. The monoisotopic (exact) mass is 449 g/mol. The van der Waals surface area contributed by atoms with Gasteiger partial charge in [-0.15, -0.1) is 0 Å². The fourth-order valence-electron chi connectivity index (χ4n) is 3.89. The molecule has 0 unspecified atom stereocenters. The lowest BCUT2D eigenvalue weighted by Crippen LogP contribution is -2.33. The van der Waals surface area contributed by atoms with E-state index in [1.807, 2.05) is 26.8 Å². The van der Waals surface area contributed by atoms with Crippen molar-refractivity contribution in [1.29, 1.82) is 0 Å². The van der Waals surface area contributed by atoms with Crippen molar-refractivity contribution in [3.63, 3.8) is 0 Å². The molecule has 4 rings (SSSR count). The number of ether oxygens (including phenoxy) is 2. The first-order valence-electron chi connectivity index (χ1n) is 10.7. The molecule has 2 heterocycles. The lowest BCUT2D eigenvalue weighted by Gasteiger charge is -2.20. The molecule has 8 heteroatoms. The number of methoxy groups -OCH3 is 2. The molecule has 0 saturated heterocycles. The van der Waals surface area contributed by atoms with Crippen molar-refractivity contribution in [3.8, 4) is 11.5 Å². The van der Waals surface area contributed by atoms with Gasteiger partial charge in [-0.05, 0) is 50.1 Å². The number of benzene rings is 2. The Balaban J connectivity index is 1.60. The van der Waals surface area contributed by atoms with Crippen LogP contribution in [0.15, 0.2) is 39.7 Å². The van der Waals surface area contributed by atoms with Crippen molar-refractivity contribution in [2.24, 2.45) is 0 Å². The number of H-pyrrole nitrogens is 1. The molecule has 0 aliphatic carbocycles. The normalized spacial score (nSPS) is 11.2. The highest BCUT2D eigenvalue weighted by atomic mass is 16.5. The van der Waals surface area contributed by atoms with E-state index >= 15 is 0 Å². The van der Waals surface area contributed by atoms with Crippen LogP contribution >= 0.6 is 0 Å². The van der Waals surface area contributed by atoms with Crippen LogP contribution in [-0.2, 0) is 17.8 Å². The molecular formula is C25H27N3O5. The van der Waals surface area contributed by atoms with Crippen LogP contribution < -0.4 is 15.0 Å². The molecule has 1 amide bonds. The van der Waals surface area contributed by atoms with Crippen molar-refractivity contribution in [2.75, 3.05) is 20.8 Å². The summed E-state index contributed by atoms with van der Waals surface area (Å²) in [5.41, 5.74) is 4.08. The summed E-state index contributed by atoms with van der Waals surface area (Å²) in [5, 5.41) is 1.34. The van der Waals surface area contributed by atoms with E-state index < -0.39 is 0 Å². The maximum Gasteiger partial charge on any atom is 0.258 e. The Labute approximate surface area is 191 Å². The second-order valence-corrected chi connectivity index (χ2v) is 8.02. The topological polar surface area (TPSA) is 97.7 Å². The van der Waals surface area contributed by atoms with Crippen LogP contribution in [0.4, 0.5) is 0 Å². The van der Waals surface area contributed by atoms with E-state index in [0.29, 0.717) is 34.8 Å². The van der Waals surface area contributed by atoms with E-state index in [1.54, 1.807) is 23.3 Å². The number of hydrogen-bond acceptors (Lipinski definition) is 6. The number of aryl methyl sites for hydroxylation is 2. The second kappa shape index (κ2) is 8.97. The van der Waals surface area contributed by atoms with Gasteiger partial charge in [-0.3, -0.25) is 9.59 Å². The number of amides is 1. The van der Waals surface area contributed by atoms with Crippen LogP contribution in [0, 0.1) is 13.8 Å². The molecule has 0 fully saturated rings. The highest BCUT2D eigenvalue weighted by Crippen LogP contribution is 2.30. The van der Waals surface area contributed by atoms with Crippen LogP contribution in [-0.4, -0.2) is 41.5 Å². The Morgan fingerprint density at radius 3 is 2.45 bits per heavy atom. The Morgan fingerprint density at radius 2 is 1.76 bits per heavy atom. The van der Waals surface area contributed by atoms with Gasteiger partial charge in [-0.25, -0.2) is 4.98 Å². The lowest BCUT2D eigenvalue weighted by atomic mass is 10.0. The summed E-state index contributed by atoms with van der Waals surface area (Å²) in [6.45, 7) is 6.62. The van der Waals surface area contributed by atoms with Crippen molar-refractivity contribution >= 4 is 27.8 Å². The summed E-state index contributed by atoms with van der Waals surface area (Å²) in [6.07, 6.45) is 1.84. The van der Waals surface area contributed by atoms with Crippen LogP contribution in [0.5, 0.6) is 11.5 Å². The first-order valence-corrected chi connectivity index (χ1v) is 10.7. The molecule has 0 spiro atoms. The molecule has 172 valence electrons. The highest BCUT2D eigenvalue weighted by molar-refractivity contribution is 5.88. The number of carbonyl (C=O) groups is 1. The average molecular weight is 450 g/mol. The average Bonchev–Trinajstić information content (AvgIpc) is 3.17. The van der Waals surface area contributed by atoms with Gasteiger partial charge in [0.05, 0.1) is 44.4 Å². The zero-order valence-electron chi connectivity index (χ0n) is 19.4. The van der Waals surface area contributed by atoms with Gasteiger partial charge < -0.3 is 23.8 Å². The molecule has 2 aromatic carbocycles. The third-order valence-electron chi connectivity index (χ3n) is 5.95. The molecule has 0 atom stereocenters. The number of rotatable bonds is 7. The Bertz CT molecular complexity index is 1400. The highest BCUT2D eigenvalue weighted by Gasteiger charge is 2.18. The molecule has 0 radical (unpaired) electrons. The van der Waals surface area contributed by atoms with Crippen LogP contribution in [0.3, 0.4) is 0 Å². The van der Waals surface area contributed by atoms with E-state index in [1.165, 1.54) is 14.2 Å². The molecule has 0 aliphatic rings. The number of hydrogen-bond donors (Lipinski definition) is 1. The van der Waals surface area contributed by atoms with Gasteiger partial charge in [0.2, 0.25) is 5.91 Å². The van der Waals surface area contributed by atoms with Crippen molar-refractivity contribution < 1.29 is 18.7 Å². The molecule has 4 aromatic rings. The van der Waals surface area contributed by atoms with Gasteiger partial charge in [-0.2, -0.15) is 0 Å². The van der Waals surface area contributed by atoms with Crippen LogP contribution in [0.25, 0.3) is 21.9 Å². The molecule has 0 aliphatic heterocycles. The summed E-state index contributed by atoms with van der Waals surface area (Å²) in [7, 11) is 3.04. The number of aromatic nitrogens is 2. The van der Waals surface area contributed by atoms with E-state index in [4.69, 9.17) is 13.9 Å². The lowest BCUT2D eigenvalue weighted by molar-refractivity contribution is -0.131. The van der Waals surface area contributed by atoms with Crippen LogP contribution in [0.2, 0.25) is 0 Å². The zero-order valence-corrected chi connectivity index (χ0v) is 19.4. The van der Waals surface area contributed by atoms with E-state index in [9.17, 15) is 9.59 Å². The van der Waals surface area contributed by atoms with Gasteiger partial charge in [0.25, 0.3) is 5.56 Å². The number of likely N-dealkylation sites (N-methyl/N-ethyl adjacent to an activating group) is 1. The fourth-order valence-corrected chi connectivity index (χ4v) is 3.89. The van der Waals surface area contributed by atoms with Gasteiger partial charge in [0, 0.05) is 23.6 Å². The van der Waals surface area contributed by atoms with Gasteiger partial charge in [-0.1, -0.05) is 0 Å². The summed E-state index contributed by atoms with van der Waals surface area (Å²) >= 11 is 0. The number of carbonyl (C=O) groups excluding carboxylic acids is 1. The van der Waals surface area contributed by atoms with Crippen molar-refractivity contribution in [3.05, 3.63) is 63.4 Å². The minimum Gasteiger partial charge on any atom is -0.493 e. The number of nitrogens with one attached hydrogen (secondary N) is 1.